The van der Waals surface area contributed by atoms with Gasteiger partial charge in [-0.05, 0) is 19.1 Å². The van der Waals surface area contributed by atoms with Gasteiger partial charge in [0.2, 0.25) is 17.6 Å². The summed E-state index contributed by atoms with van der Waals surface area (Å²) in [5.74, 6) is -2.63. The van der Waals surface area contributed by atoms with Crippen molar-refractivity contribution >= 4 is 23.6 Å². The third-order valence-electron chi connectivity index (χ3n) is 4.28. The molecule has 0 spiro atoms. The van der Waals surface area contributed by atoms with Crippen LogP contribution in [0.4, 0.5) is 0 Å². The summed E-state index contributed by atoms with van der Waals surface area (Å²) >= 11 is 0. The Morgan fingerprint density at radius 1 is 1.12 bits per heavy atom. The summed E-state index contributed by atoms with van der Waals surface area (Å²) in [6.07, 6.45) is 0.0129. The van der Waals surface area contributed by atoms with Crippen LogP contribution in [0.2, 0.25) is 0 Å². The van der Waals surface area contributed by atoms with Crippen LogP contribution in [0.15, 0.2) is 35.9 Å². The van der Waals surface area contributed by atoms with Gasteiger partial charge in [0.05, 0.1) is 7.11 Å². The van der Waals surface area contributed by atoms with E-state index >= 15 is 0 Å². The van der Waals surface area contributed by atoms with Crippen molar-refractivity contribution in [2.75, 3.05) is 7.11 Å². The molecule has 8 heteroatoms. The maximum atomic E-state index is 13.0. The van der Waals surface area contributed by atoms with Crippen molar-refractivity contribution in [1.29, 1.82) is 0 Å². The number of carbonyl (C=O) groups is 4. The lowest BCUT2D eigenvalue weighted by Gasteiger charge is -2.25. The molecule has 0 aliphatic carbocycles. The second kappa shape index (κ2) is 6.29. The molecular formula is C18H17NO7. The van der Waals surface area contributed by atoms with E-state index in [0.717, 1.165) is 11.8 Å². The minimum atomic E-state index is -1.55. The van der Waals surface area contributed by atoms with Gasteiger partial charge in [-0.3, -0.25) is 19.2 Å². The minimum Gasteiger partial charge on any atom is -0.497 e. The van der Waals surface area contributed by atoms with Gasteiger partial charge in [-0.15, -0.1) is 0 Å². The number of ether oxygens (including phenoxy) is 3. The molecule has 26 heavy (non-hydrogen) atoms. The summed E-state index contributed by atoms with van der Waals surface area (Å²) in [5, 5.41) is 0. The molecule has 1 atom stereocenters. The summed E-state index contributed by atoms with van der Waals surface area (Å²) in [4.78, 5) is 49.3. The molecule has 8 nitrogen and oxygen atoms in total. The summed E-state index contributed by atoms with van der Waals surface area (Å²) in [6, 6.07) is 6.54. The maximum absolute atomic E-state index is 13.0. The van der Waals surface area contributed by atoms with Gasteiger partial charge in [0.15, 0.2) is 5.60 Å². The van der Waals surface area contributed by atoms with Crippen LogP contribution in [0, 0.1) is 0 Å². The molecule has 1 aromatic carbocycles. The molecule has 2 aliphatic heterocycles. The monoisotopic (exact) mass is 359 g/mol. The van der Waals surface area contributed by atoms with Crippen molar-refractivity contribution in [1.82, 2.24) is 4.90 Å². The highest BCUT2D eigenvalue weighted by molar-refractivity contribution is 6.08. The number of nitrogens with zero attached hydrogens (tertiary/aromatic N) is 1. The number of esters is 1. The van der Waals surface area contributed by atoms with Crippen molar-refractivity contribution in [2.24, 2.45) is 0 Å². The van der Waals surface area contributed by atoms with Crippen LogP contribution in [-0.2, 0) is 34.3 Å². The first kappa shape index (κ1) is 17.7. The lowest BCUT2D eigenvalue weighted by atomic mass is 9.91. The third kappa shape index (κ3) is 2.73. The van der Waals surface area contributed by atoms with Crippen molar-refractivity contribution < 1.29 is 33.4 Å². The van der Waals surface area contributed by atoms with E-state index in [1.165, 1.54) is 14.0 Å². The SMILES string of the molecule is COc1ccc(C2(C)OC(N3C(=O)CCC3=O)=C(OC(C)=O)C2=O)cc1. The van der Waals surface area contributed by atoms with E-state index in [2.05, 4.69) is 0 Å². The number of imide groups is 1. The fourth-order valence-corrected chi connectivity index (χ4v) is 2.88. The van der Waals surface area contributed by atoms with E-state index in [4.69, 9.17) is 14.2 Å². The topological polar surface area (TPSA) is 99.2 Å². The van der Waals surface area contributed by atoms with Gasteiger partial charge in [0.25, 0.3) is 11.7 Å². The van der Waals surface area contributed by atoms with E-state index in [1.807, 2.05) is 0 Å². The van der Waals surface area contributed by atoms with Crippen LogP contribution in [0.1, 0.15) is 32.3 Å². The molecule has 136 valence electrons. The summed E-state index contributed by atoms with van der Waals surface area (Å²) in [5.41, 5.74) is -1.09. The van der Waals surface area contributed by atoms with Gasteiger partial charge < -0.3 is 14.2 Å². The van der Waals surface area contributed by atoms with Crippen molar-refractivity contribution in [3.8, 4) is 5.75 Å². The van der Waals surface area contributed by atoms with Gasteiger partial charge in [0.1, 0.15) is 5.75 Å². The number of hydrogen-bond acceptors (Lipinski definition) is 7. The highest BCUT2D eigenvalue weighted by Gasteiger charge is 2.53. The molecule has 1 aromatic rings. The van der Waals surface area contributed by atoms with Crippen LogP contribution < -0.4 is 4.74 Å². The first-order chi connectivity index (χ1) is 12.3. The van der Waals surface area contributed by atoms with E-state index in [1.54, 1.807) is 24.3 Å². The highest BCUT2D eigenvalue weighted by Crippen LogP contribution is 2.42. The standard InChI is InChI=1S/C18H17NO7/c1-10(20)25-15-16(23)18(2,11-4-6-12(24-3)7-5-11)26-17(15)19-13(21)8-9-14(19)22/h4-7H,8-9H2,1-3H3. The Bertz CT molecular complexity index is 824. The highest BCUT2D eigenvalue weighted by atomic mass is 16.6. The van der Waals surface area contributed by atoms with Crippen molar-refractivity contribution in [2.45, 2.75) is 32.3 Å². The van der Waals surface area contributed by atoms with Gasteiger partial charge in [0, 0.05) is 25.3 Å². The minimum absolute atomic E-state index is 0.00643. The zero-order valence-corrected chi connectivity index (χ0v) is 14.5. The quantitative estimate of drug-likeness (QED) is 0.592. The third-order valence-corrected chi connectivity index (χ3v) is 4.28. The Hall–Kier alpha value is -3.16. The molecule has 3 rings (SSSR count). The van der Waals surface area contributed by atoms with Crippen LogP contribution in [0.5, 0.6) is 5.75 Å². The summed E-state index contributed by atoms with van der Waals surface area (Å²) < 4.78 is 15.9. The number of rotatable bonds is 4. The van der Waals surface area contributed by atoms with E-state index in [9.17, 15) is 19.2 Å². The smallest absolute Gasteiger partial charge is 0.308 e. The fraction of sp³-hybridized carbons (Fsp3) is 0.333. The first-order valence-corrected chi connectivity index (χ1v) is 7.94. The molecule has 0 bridgehead atoms. The van der Waals surface area contributed by atoms with Crippen LogP contribution in [0.3, 0.4) is 0 Å². The Balaban J connectivity index is 2.04. The molecule has 1 unspecified atom stereocenters. The second-order valence-electron chi connectivity index (χ2n) is 6.04. The zero-order valence-electron chi connectivity index (χ0n) is 14.5. The van der Waals surface area contributed by atoms with Crippen LogP contribution in [-0.4, -0.2) is 35.6 Å². The number of ketones is 1. The van der Waals surface area contributed by atoms with Crippen LogP contribution in [0.25, 0.3) is 0 Å². The molecular weight excluding hydrogens is 342 g/mol. The molecule has 0 N–H and O–H groups in total. The molecule has 1 fully saturated rings. The predicted octanol–water partition coefficient (Wildman–Crippen LogP) is 1.39. The normalized spacial score (nSPS) is 22.7. The van der Waals surface area contributed by atoms with Gasteiger partial charge in [-0.1, -0.05) is 12.1 Å². The molecule has 2 amide bonds. The molecule has 1 saturated heterocycles. The second-order valence-corrected chi connectivity index (χ2v) is 6.04. The Morgan fingerprint density at radius 2 is 1.69 bits per heavy atom. The summed E-state index contributed by atoms with van der Waals surface area (Å²) in [6.45, 7) is 2.60. The van der Waals surface area contributed by atoms with E-state index in [0.29, 0.717) is 11.3 Å². The predicted molar refractivity (Wildman–Crippen MR) is 86.3 cm³/mol. The Morgan fingerprint density at radius 3 is 2.19 bits per heavy atom. The molecule has 2 aliphatic rings. The number of likely N-dealkylation sites (tertiary alicyclic amines) is 1. The molecule has 0 aromatic heterocycles. The molecule has 2 heterocycles. The van der Waals surface area contributed by atoms with E-state index < -0.39 is 34.9 Å². The first-order valence-electron chi connectivity index (χ1n) is 7.94. The zero-order chi connectivity index (χ0) is 19.1. The average molecular weight is 359 g/mol. The van der Waals surface area contributed by atoms with E-state index in [-0.39, 0.29) is 18.7 Å². The number of amides is 2. The Labute approximate surface area is 149 Å². The number of benzene rings is 1. The van der Waals surface area contributed by atoms with Gasteiger partial charge in [-0.25, -0.2) is 4.90 Å². The number of hydrogen-bond donors (Lipinski definition) is 0. The maximum Gasteiger partial charge on any atom is 0.308 e. The number of carbonyl (C=O) groups excluding carboxylic acids is 4. The molecule has 0 saturated carbocycles. The lowest BCUT2D eigenvalue weighted by molar-refractivity contribution is -0.144. The Kier molecular flexibility index (Phi) is 4.27. The molecule has 0 radical (unpaired) electrons. The summed E-state index contributed by atoms with van der Waals surface area (Å²) in [7, 11) is 1.51. The lowest BCUT2D eigenvalue weighted by Crippen LogP contribution is -2.33. The van der Waals surface area contributed by atoms with Crippen LogP contribution >= 0.6 is 0 Å². The number of methoxy groups -OCH3 is 1. The number of Topliss-reactive ketones (excluding diaryl/α,β-unsaturated/α-hetero) is 1. The average Bonchev–Trinajstić information content (AvgIpc) is 3.06. The fourth-order valence-electron chi connectivity index (χ4n) is 2.88. The largest absolute Gasteiger partial charge is 0.497 e. The van der Waals surface area contributed by atoms with Gasteiger partial charge >= 0.3 is 5.97 Å². The van der Waals surface area contributed by atoms with Gasteiger partial charge in [-0.2, -0.15) is 0 Å². The van der Waals surface area contributed by atoms with Crippen molar-refractivity contribution in [3.05, 3.63) is 41.5 Å². The van der Waals surface area contributed by atoms with Crippen molar-refractivity contribution in [3.63, 3.8) is 0 Å².